The van der Waals surface area contributed by atoms with E-state index in [1.54, 1.807) is 0 Å². The number of ether oxygens (including phenoxy) is 1. The molecule has 0 N–H and O–H groups in total. The molecule has 3 aromatic rings. The van der Waals surface area contributed by atoms with Crippen molar-refractivity contribution >= 4 is 0 Å². The van der Waals surface area contributed by atoms with Crippen molar-refractivity contribution in [3.63, 3.8) is 0 Å². The molecule has 0 aliphatic carbocycles. The van der Waals surface area contributed by atoms with Crippen molar-refractivity contribution in [2.24, 2.45) is 0 Å². The fourth-order valence-electron chi connectivity index (χ4n) is 2.34. The van der Waals surface area contributed by atoms with Crippen LogP contribution in [0.4, 0.5) is 0 Å². The highest BCUT2D eigenvalue weighted by molar-refractivity contribution is 5.68. The van der Waals surface area contributed by atoms with E-state index in [0.717, 1.165) is 5.56 Å². The van der Waals surface area contributed by atoms with Crippen molar-refractivity contribution < 1.29 is 4.74 Å². The zero-order chi connectivity index (χ0) is 15.4. The van der Waals surface area contributed by atoms with Crippen LogP contribution in [0.15, 0.2) is 54.9 Å². The predicted octanol–water partition coefficient (Wildman–Crippen LogP) is 3.73. The smallest absolute Gasteiger partial charge is 0.319 e. The van der Waals surface area contributed by atoms with Crippen LogP contribution in [0.3, 0.4) is 0 Å². The number of nitrogens with zero attached hydrogens (tertiary/aromatic N) is 3. The summed E-state index contributed by atoms with van der Waals surface area (Å²) >= 11 is 0. The molecular formula is C18H17N3O. The van der Waals surface area contributed by atoms with Crippen LogP contribution in [0.25, 0.3) is 11.1 Å². The van der Waals surface area contributed by atoms with Gasteiger partial charge in [0.1, 0.15) is 18.8 Å². The molecule has 4 heteroatoms. The third kappa shape index (κ3) is 3.11. The normalized spacial score (nSPS) is 10.5. The Morgan fingerprint density at radius 2 is 1.73 bits per heavy atom. The van der Waals surface area contributed by atoms with Crippen molar-refractivity contribution in [1.82, 2.24) is 15.0 Å². The average Bonchev–Trinajstić information content (AvgIpc) is 2.55. The minimum atomic E-state index is 0.358. The first-order valence-electron chi connectivity index (χ1n) is 7.16. The van der Waals surface area contributed by atoms with E-state index in [0.29, 0.717) is 18.4 Å². The Hall–Kier alpha value is -2.75. The van der Waals surface area contributed by atoms with E-state index < -0.39 is 0 Å². The molecular weight excluding hydrogens is 274 g/mol. The molecule has 0 spiro atoms. The molecule has 3 rings (SSSR count). The van der Waals surface area contributed by atoms with Gasteiger partial charge in [-0.3, -0.25) is 0 Å². The maximum atomic E-state index is 5.68. The Bertz CT molecular complexity index is 772. The van der Waals surface area contributed by atoms with Gasteiger partial charge in [0.25, 0.3) is 0 Å². The van der Waals surface area contributed by atoms with E-state index in [-0.39, 0.29) is 0 Å². The van der Waals surface area contributed by atoms with Gasteiger partial charge in [0.2, 0.25) is 0 Å². The first kappa shape index (κ1) is 14.2. The number of hydrogen-bond acceptors (Lipinski definition) is 4. The van der Waals surface area contributed by atoms with Gasteiger partial charge in [-0.2, -0.15) is 9.97 Å². The molecule has 0 saturated carbocycles. The number of rotatable bonds is 4. The molecule has 4 nitrogen and oxygen atoms in total. The van der Waals surface area contributed by atoms with E-state index in [4.69, 9.17) is 4.74 Å². The highest BCUT2D eigenvalue weighted by atomic mass is 16.5. The molecule has 1 aromatic heterocycles. The van der Waals surface area contributed by atoms with Crippen LogP contribution in [0.2, 0.25) is 0 Å². The van der Waals surface area contributed by atoms with Gasteiger partial charge in [-0.25, -0.2) is 4.98 Å². The summed E-state index contributed by atoms with van der Waals surface area (Å²) < 4.78 is 5.68. The van der Waals surface area contributed by atoms with Gasteiger partial charge in [-0.05, 0) is 36.1 Å². The van der Waals surface area contributed by atoms with Crippen LogP contribution in [-0.2, 0) is 6.61 Å². The Morgan fingerprint density at radius 3 is 2.50 bits per heavy atom. The van der Waals surface area contributed by atoms with Crippen LogP contribution in [0.5, 0.6) is 6.01 Å². The molecule has 0 aliphatic heterocycles. The standard InChI is InChI=1S/C18H17N3O/c1-13-16(11-22-18-20-12-19-14(2)21-18)9-6-10-17(13)15-7-4-3-5-8-15/h3-10,12H,11H2,1-2H3. The number of hydrogen-bond donors (Lipinski definition) is 0. The molecule has 0 fully saturated rings. The zero-order valence-electron chi connectivity index (χ0n) is 12.7. The first-order valence-corrected chi connectivity index (χ1v) is 7.16. The lowest BCUT2D eigenvalue weighted by Crippen LogP contribution is -2.03. The van der Waals surface area contributed by atoms with Gasteiger partial charge >= 0.3 is 6.01 Å². The molecule has 0 atom stereocenters. The number of aryl methyl sites for hydroxylation is 1. The minimum absolute atomic E-state index is 0.358. The van der Waals surface area contributed by atoms with Gasteiger partial charge in [0.05, 0.1) is 0 Å². The van der Waals surface area contributed by atoms with Gasteiger partial charge in [-0.1, -0.05) is 48.5 Å². The summed E-state index contributed by atoms with van der Waals surface area (Å²) in [5.41, 5.74) is 4.75. The third-order valence-electron chi connectivity index (χ3n) is 3.56. The Morgan fingerprint density at radius 1 is 0.909 bits per heavy atom. The fraction of sp³-hybridized carbons (Fsp3) is 0.167. The lowest BCUT2D eigenvalue weighted by atomic mass is 9.97. The molecule has 1 heterocycles. The Balaban J connectivity index is 1.83. The van der Waals surface area contributed by atoms with E-state index in [1.807, 2.05) is 31.2 Å². The number of benzene rings is 2. The lowest BCUT2D eigenvalue weighted by Gasteiger charge is -2.12. The molecule has 0 radical (unpaired) electrons. The molecule has 0 unspecified atom stereocenters. The molecule has 0 aliphatic rings. The highest BCUT2D eigenvalue weighted by Crippen LogP contribution is 2.25. The van der Waals surface area contributed by atoms with Crippen molar-refractivity contribution in [1.29, 1.82) is 0 Å². The third-order valence-corrected chi connectivity index (χ3v) is 3.56. The molecule has 22 heavy (non-hydrogen) atoms. The summed E-state index contributed by atoms with van der Waals surface area (Å²) in [5, 5.41) is 0. The number of aromatic nitrogens is 3. The molecule has 110 valence electrons. The monoisotopic (exact) mass is 291 g/mol. The predicted molar refractivity (Wildman–Crippen MR) is 85.5 cm³/mol. The van der Waals surface area contributed by atoms with Gasteiger partial charge < -0.3 is 4.74 Å². The van der Waals surface area contributed by atoms with Crippen LogP contribution in [-0.4, -0.2) is 15.0 Å². The van der Waals surface area contributed by atoms with Crippen molar-refractivity contribution in [3.8, 4) is 17.1 Å². The van der Waals surface area contributed by atoms with Gasteiger partial charge in [0, 0.05) is 0 Å². The van der Waals surface area contributed by atoms with Gasteiger partial charge in [0.15, 0.2) is 0 Å². The molecule has 2 aromatic carbocycles. The lowest BCUT2D eigenvalue weighted by molar-refractivity contribution is 0.278. The summed E-state index contributed by atoms with van der Waals surface area (Å²) in [4.78, 5) is 12.1. The van der Waals surface area contributed by atoms with Gasteiger partial charge in [-0.15, -0.1) is 0 Å². The average molecular weight is 291 g/mol. The SMILES string of the molecule is Cc1ncnc(OCc2cccc(-c3ccccc3)c2C)n1. The molecule has 0 saturated heterocycles. The summed E-state index contributed by atoms with van der Waals surface area (Å²) in [6.45, 7) is 4.37. The fourth-order valence-corrected chi connectivity index (χ4v) is 2.34. The maximum Gasteiger partial charge on any atom is 0.319 e. The minimum Gasteiger partial charge on any atom is -0.458 e. The summed E-state index contributed by atoms with van der Waals surface area (Å²) in [6, 6.07) is 16.9. The Labute approximate surface area is 129 Å². The second-order valence-electron chi connectivity index (χ2n) is 5.06. The van der Waals surface area contributed by atoms with Crippen LogP contribution in [0.1, 0.15) is 17.0 Å². The largest absolute Gasteiger partial charge is 0.458 e. The molecule has 0 amide bonds. The topological polar surface area (TPSA) is 47.9 Å². The highest BCUT2D eigenvalue weighted by Gasteiger charge is 2.07. The maximum absolute atomic E-state index is 5.68. The second-order valence-corrected chi connectivity index (χ2v) is 5.06. The van der Waals surface area contributed by atoms with Crippen molar-refractivity contribution in [2.75, 3.05) is 0 Å². The zero-order valence-corrected chi connectivity index (χ0v) is 12.7. The summed E-state index contributed by atoms with van der Waals surface area (Å²) in [5.74, 6) is 0.653. The molecule has 0 bridgehead atoms. The van der Waals surface area contributed by atoms with Crippen molar-refractivity contribution in [3.05, 3.63) is 71.8 Å². The second kappa shape index (κ2) is 6.35. The van der Waals surface area contributed by atoms with E-state index >= 15 is 0 Å². The van der Waals surface area contributed by atoms with E-state index in [1.165, 1.54) is 23.0 Å². The van der Waals surface area contributed by atoms with Crippen LogP contribution >= 0.6 is 0 Å². The van der Waals surface area contributed by atoms with Crippen molar-refractivity contribution in [2.45, 2.75) is 20.5 Å². The first-order chi connectivity index (χ1) is 10.7. The summed E-state index contributed by atoms with van der Waals surface area (Å²) in [7, 11) is 0. The van der Waals surface area contributed by atoms with E-state index in [2.05, 4.69) is 46.1 Å². The summed E-state index contributed by atoms with van der Waals surface area (Å²) in [6.07, 6.45) is 1.46. The Kier molecular flexibility index (Phi) is 4.10. The van der Waals surface area contributed by atoms with E-state index in [9.17, 15) is 0 Å². The quantitative estimate of drug-likeness (QED) is 0.734. The van der Waals surface area contributed by atoms with Crippen LogP contribution < -0.4 is 4.74 Å². The van der Waals surface area contributed by atoms with Crippen LogP contribution in [0, 0.1) is 13.8 Å².